The molecule has 0 aliphatic carbocycles. The number of nitrogens with zero attached hydrogens (tertiary/aromatic N) is 3. The largest absolute Gasteiger partial charge is 0.477 e. The van der Waals surface area contributed by atoms with E-state index in [1.807, 2.05) is 13.8 Å². The first kappa shape index (κ1) is 20.0. The van der Waals surface area contributed by atoms with Gasteiger partial charge < -0.3 is 15.7 Å². The van der Waals surface area contributed by atoms with Crippen molar-refractivity contribution in [1.82, 2.24) is 24.9 Å². The molecule has 12 heteroatoms. The van der Waals surface area contributed by atoms with Gasteiger partial charge in [0.15, 0.2) is 0 Å². The lowest BCUT2D eigenvalue weighted by atomic mass is 10.0. The lowest BCUT2D eigenvalue weighted by Gasteiger charge is -2.49. The topological polar surface area (TPSA) is 125 Å². The smallest absolute Gasteiger partial charge is 0.352 e. The van der Waals surface area contributed by atoms with Gasteiger partial charge in [0.1, 0.15) is 22.1 Å². The number of aryl methyl sites for hydroxylation is 1. The maximum Gasteiger partial charge on any atom is 0.352 e. The van der Waals surface area contributed by atoms with Gasteiger partial charge in [0.2, 0.25) is 5.16 Å². The number of fused-ring (bicyclic) bond motifs is 1. The van der Waals surface area contributed by atoms with Crippen molar-refractivity contribution in [2.75, 3.05) is 18.1 Å². The molecule has 1 saturated heterocycles. The quantitative estimate of drug-likeness (QED) is 0.437. The molecule has 3 N–H and O–H groups in total. The highest BCUT2D eigenvalue weighted by Crippen LogP contribution is 2.41. The highest BCUT2D eigenvalue weighted by Gasteiger charge is 2.54. The van der Waals surface area contributed by atoms with Gasteiger partial charge in [0.05, 0.1) is 0 Å². The Morgan fingerprint density at radius 1 is 1.44 bits per heavy atom. The summed E-state index contributed by atoms with van der Waals surface area (Å²) in [4.78, 5) is 41.6. The Morgan fingerprint density at radius 3 is 2.85 bits per heavy atom. The first-order valence-electron chi connectivity index (χ1n) is 8.29. The monoisotopic (exact) mass is 429 g/mol. The second-order valence-electron chi connectivity index (χ2n) is 5.93. The Bertz CT molecular complexity index is 796. The highest BCUT2D eigenvalue weighted by atomic mass is 32.2. The van der Waals surface area contributed by atoms with E-state index in [2.05, 4.69) is 20.0 Å². The molecule has 1 aromatic heterocycles. The van der Waals surface area contributed by atoms with Crippen LogP contribution < -0.4 is 10.6 Å². The van der Waals surface area contributed by atoms with Crippen LogP contribution >= 0.6 is 35.1 Å². The van der Waals surface area contributed by atoms with Crippen LogP contribution in [-0.2, 0) is 9.59 Å². The second-order valence-corrected chi connectivity index (χ2v) is 8.93. The molecule has 9 nitrogen and oxygen atoms in total. The molecule has 1 fully saturated rings. The Morgan fingerprint density at radius 2 is 2.22 bits per heavy atom. The average molecular weight is 430 g/mol. The summed E-state index contributed by atoms with van der Waals surface area (Å²) < 4.78 is 4.18. The minimum Gasteiger partial charge on any atom is -0.477 e. The summed E-state index contributed by atoms with van der Waals surface area (Å²) in [6.07, 6.45) is 0.788. The molecule has 1 unspecified atom stereocenters. The Kier molecular flexibility index (Phi) is 6.27. The molecule has 3 rings (SSSR count). The fourth-order valence-corrected chi connectivity index (χ4v) is 5.69. The zero-order valence-corrected chi connectivity index (χ0v) is 17.2. The van der Waals surface area contributed by atoms with E-state index in [0.717, 1.165) is 11.4 Å². The number of thioether (sulfide) groups is 2. The molecule has 0 radical (unpaired) electrons. The Balaban J connectivity index is 1.69. The fraction of sp³-hybridized carbons (Fsp3) is 0.533. The fourth-order valence-electron chi connectivity index (χ4n) is 2.72. The number of nitrogens with one attached hydrogen (secondary N) is 2. The van der Waals surface area contributed by atoms with E-state index in [-0.39, 0.29) is 5.70 Å². The summed E-state index contributed by atoms with van der Waals surface area (Å²) >= 11 is 4.10. The first-order chi connectivity index (χ1) is 12.9. The van der Waals surface area contributed by atoms with Crippen molar-refractivity contribution in [3.8, 4) is 0 Å². The van der Waals surface area contributed by atoms with Gasteiger partial charge in [0.25, 0.3) is 5.91 Å². The summed E-state index contributed by atoms with van der Waals surface area (Å²) in [5.74, 6) is -0.668. The van der Waals surface area contributed by atoms with Crippen molar-refractivity contribution >= 4 is 53.0 Å². The van der Waals surface area contributed by atoms with Gasteiger partial charge in [-0.2, -0.15) is 4.37 Å². The van der Waals surface area contributed by atoms with E-state index in [0.29, 0.717) is 28.8 Å². The number of hydrogen-bond donors (Lipinski definition) is 3. The van der Waals surface area contributed by atoms with Crippen LogP contribution in [0.3, 0.4) is 0 Å². The minimum atomic E-state index is -1.14. The SMILES string of the molecule is CCCNC(=O)NC1C(=O)N2C(C(=O)O)=C(CSc3nsc(C)n3)CS[C@@H]12. The number of carboxylic acids is 1. The molecule has 27 heavy (non-hydrogen) atoms. The molecule has 2 aliphatic heterocycles. The molecule has 0 aromatic carbocycles. The van der Waals surface area contributed by atoms with E-state index < -0.39 is 29.3 Å². The molecule has 0 saturated carbocycles. The number of aliphatic carboxylic acids is 1. The second kappa shape index (κ2) is 8.48. The zero-order valence-electron chi connectivity index (χ0n) is 14.7. The van der Waals surface area contributed by atoms with Crippen LogP contribution in [0, 0.1) is 6.92 Å². The van der Waals surface area contributed by atoms with Crippen LogP contribution in [0.25, 0.3) is 0 Å². The van der Waals surface area contributed by atoms with Crippen LogP contribution in [0.1, 0.15) is 18.4 Å². The first-order valence-corrected chi connectivity index (χ1v) is 11.1. The van der Waals surface area contributed by atoms with Crippen molar-refractivity contribution in [2.24, 2.45) is 0 Å². The lowest BCUT2D eigenvalue weighted by Crippen LogP contribution is -2.71. The van der Waals surface area contributed by atoms with Gasteiger partial charge in [-0.25, -0.2) is 14.6 Å². The van der Waals surface area contributed by atoms with Gasteiger partial charge in [-0.15, -0.1) is 11.8 Å². The molecule has 3 heterocycles. The maximum absolute atomic E-state index is 12.5. The highest BCUT2D eigenvalue weighted by molar-refractivity contribution is 8.01. The maximum atomic E-state index is 12.5. The van der Waals surface area contributed by atoms with Gasteiger partial charge >= 0.3 is 12.0 Å². The predicted molar refractivity (Wildman–Crippen MR) is 104 cm³/mol. The number of β-lactam (4-membered cyclic amide) rings is 1. The number of hydrogen-bond acceptors (Lipinski definition) is 8. The molecular formula is C15H19N5O4S3. The van der Waals surface area contributed by atoms with Crippen molar-refractivity contribution in [3.63, 3.8) is 0 Å². The number of carbonyl (C=O) groups is 3. The number of urea groups is 1. The zero-order chi connectivity index (χ0) is 19.6. The van der Waals surface area contributed by atoms with Crippen LogP contribution in [-0.4, -0.2) is 66.7 Å². The lowest BCUT2D eigenvalue weighted by molar-refractivity contribution is -0.148. The van der Waals surface area contributed by atoms with Crippen molar-refractivity contribution in [1.29, 1.82) is 0 Å². The van der Waals surface area contributed by atoms with Crippen LogP contribution in [0.2, 0.25) is 0 Å². The third kappa shape index (κ3) is 4.22. The van der Waals surface area contributed by atoms with Gasteiger partial charge in [-0.05, 0) is 30.5 Å². The number of amides is 3. The van der Waals surface area contributed by atoms with E-state index in [1.165, 1.54) is 40.0 Å². The van der Waals surface area contributed by atoms with Gasteiger partial charge in [-0.3, -0.25) is 9.69 Å². The van der Waals surface area contributed by atoms with Gasteiger partial charge in [0, 0.05) is 18.1 Å². The van der Waals surface area contributed by atoms with Crippen LogP contribution in [0.15, 0.2) is 16.4 Å². The Hall–Kier alpha value is -1.79. The molecule has 2 atom stereocenters. The molecule has 146 valence electrons. The summed E-state index contributed by atoms with van der Waals surface area (Å²) in [6, 6.07) is -1.12. The third-order valence-electron chi connectivity index (χ3n) is 3.96. The van der Waals surface area contributed by atoms with E-state index >= 15 is 0 Å². The van der Waals surface area contributed by atoms with Crippen LogP contribution in [0.4, 0.5) is 4.79 Å². The standard InChI is InChI=1S/C15H19N5O4S3/c1-3-4-16-14(24)18-9-11(21)20-10(13(22)23)8(5-25-12(9)20)6-26-15-17-7(2)27-19-15/h9,12H,3-6H2,1-2H3,(H,22,23)(H2,16,18,24)/t9?,12-/m0/s1. The average Bonchev–Trinajstić information content (AvgIpc) is 3.06. The van der Waals surface area contributed by atoms with Crippen LogP contribution in [0.5, 0.6) is 0 Å². The van der Waals surface area contributed by atoms with E-state index in [1.54, 1.807) is 0 Å². The molecule has 0 bridgehead atoms. The molecule has 0 spiro atoms. The number of carbonyl (C=O) groups excluding carboxylic acids is 2. The Labute approximate surface area is 168 Å². The normalized spacial score (nSPS) is 21.6. The van der Waals surface area contributed by atoms with E-state index in [4.69, 9.17) is 0 Å². The predicted octanol–water partition coefficient (Wildman–Crippen LogP) is 1.27. The molecule has 3 amide bonds. The third-order valence-corrected chi connectivity index (χ3v) is 6.96. The molecule has 1 aromatic rings. The number of rotatable bonds is 7. The molecular weight excluding hydrogens is 410 g/mol. The van der Waals surface area contributed by atoms with Gasteiger partial charge in [-0.1, -0.05) is 18.7 Å². The van der Waals surface area contributed by atoms with Crippen molar-refractivity contribution in [2.45, 2.75) is 36.8 Å². The number of carboxylic acid groups (broad SMARTS) is 1. The summed E-state index contributed by atoms with van der Waals surface area (Å²) in [7, 11) is 0. The number of aromatic nitrogens is 2. The van der Waals surface area contributed by atoms with E-state index in [9.17, 15) is 19.5 Å². The minimum absolute atomic E-state index is 0.00946. The summed E-state index contributed by atoms with van der Waals surface area (Å²) in [5, 5.41) is 16.0. The molecule has 2 aliphatic rings. The van der Waals surface area contributed by atoms with Crippen molar-refractivity contribution in [3.05, 3.63) is 16.3 Å². The van der Waals surface area contributed by atoms with Crippen molar-refractivity contribution < 1.29 is 19.5 Å². The summed E-state index contributed by atoms with van der Waals surface area (Å²) in [5.41, 5.74) is 0.665. The summed E-state index contributed by atoms with van der Waals surface area (Å²) in [6.45, 7) is 4.30.